The molecule has 13 aromatic carbocycles. The predicted molar refractivity (Wildman–Crippen MR) is 551 cm³/mol. The maximum Gasteiger partial charge on any atom is 0.194 e. The zero-order valence-electron chi connectivity index (χ0n) is 69.9. The zero-order valence-corrected chi connectivity index (χ0v) is 78.0. The van der Waals surface area contributed by atoms with Gasteiger partial charge in [0, 0.05) is 167 Å². The summed E-state index contributed by atoms with van der Waals surface area (Å²) in [6.45, 7) is 6.56. The van der Waals surface area contributed by atoms with Gasteiger partial charge in [0.1, 0.15) is 11.3 Å². The third kappa shape index (κ3) is 31.0. The number of fused-ring (bicyclic) bond motifs is 6. The van der Waals surface area contributed by atoms with E-state index in [0.29, 0.717) is 75.0 Å². The number of para-hydroxylation sites is 2. The third-order valence-electron chi connectivity index (χ3n) is 19.6. The normalized spacial score (nSPS) is 11.1. The number of Topliss-reactive ketones (excluding diaryl/α,β-unsaturated/α-hetero) is 1. The van der Waals surface area contributed by atoms with E-state index in [4.69, 9.17) is 20.8 Å². The highest BCUT2D eigenvalue weighted by Crippen LogP contribution is 2.38. The Kier molecular flexibility index (Phi) is 41.1. The number of halogens is 1. The van der Waals surface area contributed by atoms with Crippen molar-refractivity contribution in [3.05, 3.63) is 394 Å². The molecule has 0 amide bonds. The van der Waals surface area contributed by atoms with Gasteiger partial charge in [-0.25, -0.2) is 13.1 Å². The predicted octanol–water partition coefficient (Wildman–Crippen LogP) is 28.0. The smallest absolute Gasteiger partial charge is 0.194 e. The zero-order chi connectivity index (χ0) is 92.0. The summed E-state index contributed by atoms with van der Waals surface area (Å²) < 4.78 is 29.0. The van der Waals surface area contributed by atoms with Crippen LogP contribution >= 0.6 is 60.5 Å². The van der Waals surface area contributed by atoms with Crippen LogP contribution in [0.2, 0.25) is 5.02 Å². The molecule has 2 aromatic heterocycles. The van der Waals surface area contributed by atoms with E-state index in [2.05, 4.69) is 219 Å². The number of benzene rings is 13. The van der Waals surface area contributed by atoms with Crippen LogP contribution in [0.4, 0.5) is 51.2 Å². The van der Waals surface area contributed by atoms with E-state index in [9.17, 15) is 19.2 Å². The maximum absolute atomic E-state index is 12.1. The van der Waals surface area contributed by atoms with Crippen LogP contribution < -0.4 is 15.0 Å². The first-order valence-corrected chi connectivity index (χ1v) is 44.3. The number of piperidine rings is 1. The molecule has 1 fully saturated rings. The fraction of sp³-hybridized carbons (Fsp3) is 0.118. The Morgan fingerprint density at radius 1 is 0.454 bits per heavy atom. The number of aliphatic imine (C=N–C) groups is 4. The largest absolute Gasteiger partial charge is 0.493 e. The van der Waals surface area contributed by atoms with Gasteiger partial charge in [0.05, 0.1) is 81.0 Å². The summed E-state index contributed by atoms with van der Waals surface area (Å²) in [5.41, 5.74) is 20.5. The monoisotopic (exact) mass is 1890 g/mol. The molecule has 0 bridgehead atoms. The fourth-order valence-corrected chi connectivity index (χ4v) is 14.5. The van der Waals surface area contributed by atoms with Gasteiger partial charge in [0.15, 0.2) is 28.9 Å². The van der Waals surface area contributed by atoms with Crippen molar-refractivity contribution in [1.29, 1.82) is 0 Å². The average molecular weight is 1890 g/mol. The Hall–Kier alpha value is -13.4. The summed E-state index contributed by atoms with van der Waals surface area (Å²) in [5, 5.41) is 15.3. The quantitative estimate of drug-likeness (QED) is 0.0387. The van der Waals surface area contributed by atoms with Gasteiger partial charge in [-0.3, -0.25) is 19.2 Å². The van der Waals surface area contributed by atoms with Gasteiger partial charge in [0.25, 0.3) is 0 Å². The molecule has 18 rings (SSSR count). The van der Waals surface area contributed by atoms with E-state index < -0.39 is 0 Å². The molecule has 1 saturated heterocycles. The van der Waals surface area contributed by atoms with E-state index in [0.717, 1.165) is 87.2 Å². The molecule has 0 saturated carbocycles. The number of carbonyl (C=O) groups excluding carboxylic acids is 4. The van der Waals surface area contributed by atoms with E-state index in [1.807, 2.05) is 194 Å². The van der Waals surface area contributed by atoms with E-state index in [1.165, 1.54) is 72.6 Å². The molecule has 18 nitrogen and oxygen atoms in total. The second kappa shape index (κ2) is 54.1. The lowest BCUT2D eigenvalue weighted by Gasteiger charge is -2.28. The molecule has 0 unspecified atom stereocenters. The lowest BCUT2D eigenvalue weighted by atomic mass is 10.0. The molecule has 28 heteroatoms. The van der Waals surface area contributed by atoms with Crippen molar-refractivity contribution in [2.45, 2.75) is 52.1 Å². The number of ether oxygens (including phenoxy) is 1. The van der Waals surface area contributed by atoms with Gasteiger partial charge in [-0.15, -0.1) is 0 Å². The molecule has 15 aromatic rings. The van der Waals surface area contributed by atoms with Crippen LogP contribution in [0.1, 0.15) is 107 Å². The first-order valence-electron chi connectivity index (χ1n) is 40.5. The number of rotatable bonds is 21. The van der Waals surface area contributed by atoms with Gasteiger partial charge < -0.3 is 24.4 Å². The number of aromatic amines is 1. The molecule has 4 heterocycles. The molecule has 0 spiro atoms. The Bertz CT molecular complexity index is 6620. The van der Waals surface area contributed by atoms with Gasteiger partial charge in [-0.2, -0.15) is 28.7 Å². The van der Waals surface area contributed by atoms with Gasteiger partial charge in [-0.1, -0.05) is 175 Å². The van der Waals surface area contributed by atoms with Crippen molar-refractivity contribution in [2.75, 3.05) is 36.5 Å². The fourth-order valence-electron chi connectivity index (χ4n) is 13.3. The SMILES string of the molecule is CC(=O)c1cc2cc(N=C=S)ccc2o1.O=C(c1ccccc1)c1ccc(N=C=S)cc1.O=C(c1ccccc1)c1cccc(N=C=S)c1.O=C1c2ccccc2-c2ccc(N=S)cc21.S=C=Nc1ccc(Nc2ccccc2)cc1.S=NCCc1c[nH]c2ccccc12.S=NCc1ccc2c(c1)CCO2.S=NCc1cccc(Cl)c1.S=Nc1ccc(N2CCCCC2)cc1. The van der Waals surface area contributed by atoms with Crippen LogP contribution in [0.25, 0.3) is 33.0 Å². The van der Waals surface area contributed by atoms with Crippen molar-refractivity contribution in [1.82, 2.24) is 4.98 Å². The maximum atomic E-state index is 12.1. The molecule has 3 aliphatic rings. The molecule has 130 heavy (non-hydrogen) atoms. The first kappa shape index (κ1) is 98.8. The van der Waals surface area contributed by atoms with E-state index in [1.54, 1.807) is 103 Å². The number of anilines is 3. The number of nitrogens with one attached hydrogen (secondary N) is 2. The van der Waals surface area contributed by atoms with Gasteiger partial charge in [-0.05, 0) is 266 Å². The number of hydrogen-bond acceptors (Lipinski definition) is 26. The minimum Gasteiger partial charge on any atom is -0.493 e. The second-order valence-electron chi connectivity index (χ2n) is 28.3. The molecule has 2 N–H and O–H groups in total. The summed E-state index contributed by atoms with van der Waals surface area (Å²) in [4.78, 5) is 68.4. The van der Waals surface area contributed by atoms with Crippen molar-refractivity contribution < 1.29 is 28.3 Å². The molecular formula is C102H81ClN12O6S9. The van der Waals surface area contributed by atoms with Crippen LogP contribution in [0.5, 0.6) is 5.75 Å². The standard InChI is InChI=1S/2C14H9NOS.C13H10N2S.C13H7NOS.C11H14N2S.C11H7NO2S.C10H10N2S.C9H9NOS.C7H6ClNS/c16-14(11-5-2-1-3-6-11)12-7-4-8-13(9-12)15-10-17;16-14(11-4-2-1-3-5-11)12-6-8-13(9-7-12)15-10-17;16-10-14-11-6-8-13(9-7-11)15-12-4-2-1-3-5-12;15-13-11-4-2-1-3-9(11)10-6-5-8(14-16)7-12(10)13;14-12-10-4-6-11(7-5-10)13-8-2-1-3-9-13;1-7(13)11-5-8-4-9(12-6-15)2-3-10(8)14-11;13-12-6-5-8-7-11-10-4-2-1-3-9(8)10;12-10-6-7-1-2-9-8(5-7)3-4-11-9;8-7-3-1-2-6(4-7)5-9-10/h2*1-9H;1-9,15H;1-7H;4-7H,1-3,8-9H2;2-5H,1H3;1-4,7,11H,5-6H2;1-2,5H,3-4,6H2;1-4H,5H2. The van der Waals surface area contributed by atoms with Gasteiger partial charge in [0.2, 0.25) is 0 Å². The third-order valence-corrected chi connectivity index (χ3v) is 21.0. The average Bonchev–Trinajstić information content (AvgIpc) is 1.61. The Morgan fingerprint density at radius 2 is 0.977 bits per heavy atom. The highest BCUT2D eigenvalue weighted by molar-refractivity contribution is 7.78. The minimum atomic E-state index is -0.0916. The number of furan rings is 1. The molecule has 0 radical (unpaired) electrons. The summed E-state index contributed by atoms with van der Waals surface area (Å²) in [5.74, 6) is 1.32. The van der Waals surface area contributed by atoms with Crippen LogP contribution in [-0.4, -0.2) is 75.0 Å². The van der Waals surface area contributed by atoms with E-state index >= 15 is 0 Å². The topological polar surface area (TPSA) is 233 Å². The summed E-state index contributed by atoms with van der Waals surface area (Å²) >= 11 is 46.6. The number of thiocarbonyl (C=S) groups is 4. The van der Waals surface area contributed by atoms with Crippen molar-refractivity contribution in [2.24, 2.45) is 41.8 Å². The number of ketones is 4. The molecule has 1 aliphatic carbocycles. The second-order valence-corrected chi connectivity index (χ2v) is 30.6. The number of nitrogens with zero attached hydrogens (tertiary/aromatic N) is 10. The molecule has 2 aliphatic heterocycles. The van der Waals surface area contributed by atoms with Crippen LogP contribution in [0.15, 0.2) is 374 Å². The highest BCUT2D eigenvalue weighted by Gasteiger charge is 2.26. The number of isothiocyanates is 4. The lowest BCUT2D eigenvalue weighted by molar-refractivity contribution is 0.0986. The number of H-pyrrole nitrogens is 1. The summed E-state index contributed by atoms with van der Waals surface area (Å²) in [7, 11) is 0. The Balaban J connectivity index is 0.000000153. The van der Waals surface area contributed by atoms with Crippen LogP contribution in [-0.2, 0) is 88.1 Å². The summed E-state index contributed by atoms with van der Waals surface area (Å²) in [6.07, 6.45) is 7.97. The van der Waals surface area contributed by atoms with Crippen LogP contribution in [0, 0.1) is 0 Å². The molecule has 646 valence electrons. The van der Waals surface area contributed by atoms with Crippen molar-refractivity contribution >= 4 is 239 Å². The number of hydrogen-bond donors (Lipinski definition) is 2. The lowest BCUT2D eigenvalue weighted by Crippen LogP contribution is -2.29. The Morgan fingerprint density at radius 3 is 1.59 bits per heavy atom. The van der Waals surface area contributed by atoms with Gasteiger partial charge >= 0.3 is 0 Å². The molecule has 0 atom stereocenters. The first-order chi connectivity index (χ1) is 63.5. The molecular weight excluding hydrogens is 1810 g/mol. The highest BCUT2D eigenvalue weighted by atomic mass is 35.5. The van der Waals surface area contributed by atoms with Crippen LogP contribution in [0.3, 0.4) is 0 Å². The summed E-state index contributed by atoms with van der Waals surface area (Å²) in [6, 6.07) is 100. The minimum absolute atomic E-state index is 0.00322. The number of carbonyl (C=O) groups is 4. The number of aromatic nitrogens is 1. The van der Waals surface area contributed by atoms with Crippen molar-refractivity contribution in [3.8, 4) is 16.9 Å². The Labute approximate surface area is 807 Å². The van der Waals surface area contributed by atoms with Crippen molar-refractivity contribution in [3.63, 3.8) is 0 Å². The van der Waals surface area contributed by atoms with E-state index in [-0.39, 0.29) is 23.1 Å².